The second-order valence-electron chi connectivity index (χ2n) is 7.19. The highest BCUT2D eigenvalue weighted by Gasteiger charge is 2.22. The molecular weight excluding hydrogens is 334 g/mol. The maximum atomic E-state index is 12.9. The summed E-state index contributed by atoms with van der Waals surface area (Å²) in [6.07, 6.45) is 0.823. The van der Waals surface area contributed by atoms with Gasteiger partial charge in [0.05, 0.1) is 5.69 Å². The topological polar surface area (TPSA) is 46.9 Å². The molecule has 4 heteroatoms. The summed E-state index contributed by atoms with van der Waals surface area (Å²) in [5.41, 5.74) is 7.47. The lowest BCUT2D eigenvalue weighted by Crippen LogP contribution is -2.26. The lowest BCUT2D eigenvalue weighted by molar-refractivity contribution is -0.119. The van der Waals surface area contributed by atoms with E-state index in [2.05, 4.69) is 22.5 Å². The van der Waals surface area contributed by atoms with Crippen LogP contribution >= 0.6 is 0 Å². The number of aromatic nitrogens is 2. The van der Waals surface area contributed by atoms with Gasteiger partial charge in [0.1, 0.15) is 6.04 Å². The SMILES string of the molecule is Cc1cccc(C)c1NC(=O)[C@H](C)n1nc(C)c(Cc2ccccc2)c1C. The lowest BCUT2D eigenvalue weighted by atomic mass is 10.0. The minimum atomic E-state index is -0.382. The average Bonchev–Trinajstić information content (AvgIpc) is 2.93. The fourth-order valence-electron chi connectivity index (χ4n) is 3.48. The molecule has 0 aliphatic heterocycles. The zero-order chi connectivity index (χ0) is 19.6. The molecule has 140 valence electrons. The van der Waals surface area contributed by atoms with Gasteiger partial charge in [-0.05, 0) is 51.3 Å². The Bertz CT molecular complexity index is 937. The quantitative estimate of drug-likeness (QED) is 0.702. The van der Waals surface area contributed by atoms with Crippen molar-refractivity contribution in [1.82, 2.24) is 9.78 Å². The van der Waals surface area contributed by atoms with Crippen LogP contribution in [0.3, 0.4) is 0 Å². The van der Waals surface area contributed by atoms with Crippen molar-refractivity contribution in [3.63, 3.8) is 0 Å². The van der Waals surface area contributed by atoms with Gasteiger partial charge in [0, 0.05) is 23.4 Å². The van der Waals surface area contributed by atoms with E-state index >= 15 is 0 Å². The van der Waals surface area contributed by atoms with Gasteiger partial charge in [0.2, 0.25) is 5.91 Å². The highest BCUT2D eigenvalue weighted by molar-refractivity contribution is 5.94. The van der Waals surface area contributed by atoms with E-state index in [-0.39, 0.29) is 11.9 Å². The van der Waals surface area contributed by atoms with Gasteiger partial charge in [-0.3, -0.25) is 9.48 Å². The number of para-hydroxylation sites is 1. The first-order chi connectivity index (χ1) is 12.9. The molecule has 1 N–H and O–H groups in total. The van der Waals surface area contributed by atoms with Crippen molar-refractivity contribution < 1.29 is 4.79 Å². The number of hydrogen-bond donors (Lipinski definition) is 1. The highest BCUT2D eigenvalue weighted by Crippen LogP contribution is 2.24. The number of rotatable bonds is 5. The van der Waals surface area contributed by atoms with Gasteiger partial charge in [0.15, 0.2) is 0 Å². The molecule has 1 atom stereocenters. The molecule has 0 bridgehead atoms. The normalized spacial score (nSPS) is 12.0. The summed E-state index contributed by atoms with van der Waals surface area (Å²) in [5, 5.41) is 7.75. The summed E-state index contributed by atoms with van der Waals surface area (Å²) in [7, 11) is 0. The van der Waals surface area contributed by atoms with Crippen LogP contribution in [0, 0.1) is 27.7 Å². The number of aryl methyl sites for hydroxylation is 3. The summed E-state index contributed by atoms with van der Waals surface area (Å²) in [6, 6.07) is 16.0. The zero-order valence-corrected chi connectivity index (χ0v) is 16.7. The number of carbonyl (C=O) groups excluding carboxylic acids is 1. The summed E-state index contributed by atoms with van der Waals surface area (Å²) in [6.45, 7) is 9.97. The van der Waals surface area contributed by atoms with Crippen LogP contribution in [0.5, 0.6) is 0 Å². The predicted molar refractivity (Wildman–Crippen MR) is 110 cm³/mol. The molecule has 3 rings (SSSR count). The molecule has 27 heavy (non-hydrogen) atoms. The fourth-order valence-corrected chi connectivity index (χ4v) is 3.48. The van der Waals surface area contributed by atoms with Crippen LogP contribution in [0.4, 0.5) is 5.69 Å². The molecule has 0 unspecified atom stereocenters. The number of anilines is 1. The number of hydrogen-bond acceptors (Lipinski definition) is 2. The molecule has 0 aliphatic rings. The van der Waals surface area contributed by atoms with E-state index in [0.29, 0.717) is 0 Å². The van der Waals surface area contributed by atoms with Gasteiger partial charge in [0.25, 0.3) is 0 Å². The van der Waals surface area contributed by atoms with Crippen molar-refractivity contribution in [2.45, 2.75) is 47.1 Å². The van der Waals surface area contributed by atoms with E-state index in [1.54, 1.807) is 0 Å². The second-order valence-corrected chi connectivity index (χ2v) is 7.19. The molecule has 1 aromatic heterocycles. The smallest absolute Gasteiger partial charge is 0.248 e. The molecule has 0 saturated carbocycles. The third kappa shape index (κ3) is 3.95. The molecule has 0 saturated heterocycles. The Labute approximate surface area is 161 Å². The van der Waals surface area contributed by atoms with Crippen LogP contribution in [0.15, 0.2) is 48.5 Å². The Kier molecular flexibility index (Phi) is 5.45. The maximum absolute atomic E-state index is 12.9. The highest BCUT2D eigenvalue weighted by atomic mass is 16.2. The molecular formula is C23H27N3O. The molecule has 4 nitrogen and oxygen atoms in total. The van der Waals surface area contributed by atoms with Gasteiger partial charge in [-0.1, -0.05) is 48.5 Å². The molecule has 0 aliphatic carbocycles. The molecule has 0 spiro atoms. The Morgan fingerprint density at radius 1 is 1.00 bits per heavy atom. The maximum Gasteiger partial charge on any atom is 0.248 e. The largest absolute Gasteiger partial charge is 0.324 e. The summed E-state index contributed by atoms with van der Waals surface area (Å²) < 4.78 is 1.84. The van der Waals surface area contributed by atoms with Crippen LogP contribution in [0.25, 0.3) is 0 Å². The minimum Gasteiger partial charge on any atom is -0.324 e. The van der Waals surface area contributed by atoms with E-state index < -0.39 is 0 Å². The monoisotopic (exact) mass is 361 g/mol. The van der Waals surface area contributed by atoms with Crippen LogP contribution < -0.4 is 5.32 Å². The molecule has 0 radical (unpaired) electrons. The first kappa shape index (κ1) is 18.9. The second kappa shape index (κ2) is 7.78. The van der Waals surface area contributed by atoms with E-state index in [4.69, 9.17) is 0 Å². The Hall–Kier alpha value is -2.88. The Morgan fingerprint density at radius 3 is 2.26 bits per heavy atom. The average molecular weight is 361 g/mol. The number of nitrogens with zero attached hydrogens (tertiary/aromatic N) is 2. The van der Waals surface area contributed by atoms with E-state index in [9.17, 15) is 4.79 Å². The molecule has 3 aromatic rings. The first-order valence-electron chi connectivity index (χ1n) is 9.34. The molecule has 0 fully saturated rings. The van der Waals surface area contributed by atoms with Gasteiger partial charge >= 0.3 is 0 Å². The van der Waals surface area contributed by atoms with Gasteiger partial charge < -0.3 is 5.32 Å². The molecule has 1 heterocycles. The van der Waals surface area contributed by atoms with Crippen LogP contribution in [0.1, 0.15) is 46.6 Å². The fraction of sp³-hybridized carbons (Fsp3) is 0.304. The van der Waals surface area contributed by atoms with Crippen molar-refractivity contribution in [3.05, 3.63) is 82.2 Å². The van der Waals surface area contributed by atoms with Crippen LogP contribution in [0.2, 0.25) is 0 Å². The Balaban J connectivity index is 1.83. The number of amides is 1. The van der Waals surface area contributed by atoms with E-state index in [1.807, 2.05) is 75.7 Å². The number of benzene rings is 2. The van der Waals surface area contributed by atoms with Crippen molar-refractivity contribution in [3.8, 4) is 0 Å². The lowest BCUT2D eigenvalue weighted by Gasteiger charge is -2.17. The number of carbonyl (C=O) groups is 1. The molecule has 1 amide bonds. The van der Waals surface area contributed by atoms with Crippen molar-refractivity contribution in [2.75, 3.05) is 5.32 Å². The van der Waals surface area contributed by atoms with Crippen molar-refractivity contribution in [2.24, 2.45) is 0 Å². The van der Waals surface area contributed by atoms with Gasteiger partial charge in [-0.2, -0.15) is 5.10 Å². The third-order valence-corrected chi connectivity index (χ3v) is 5.17. The van der Waals surface area contributed by atoms with E-state index in [1.165, 1.54) is 11.1 Å². The summed E-state index contributed by atoms with van der Waals surface area (Å²) in [4.78, 5) is 12.9. The van der Waals surface area contributed by atoms with Crippen molar-refractivity contribution >= 4 is 11.6 Å². The summed E-state index contributed by atoms with van der Waals surface area (Å²) in [5.74, 6) is -0.0516. The van der Waals surface area contributed by atoms with E-state index in [0.717, 1.165) is 34.6 Å². The standard InChI is InChI=1S/C23H27N3O/c1-15-10-9-11-16(2)22(15)24-23(27)19(5)26-18(4)21(17(3)25-26)14-20-12-7-6-8-13-20/h6-13,19H,14H2,1-5H3,(H,24,27)/t19-/m0/s1. The van der Waals surface area contributed by atoms with Crippen molar-refractivity contribution in [1.29, 1.82) is 0 Å². The van der Waals surface area contributed by atoms with Crippen LogP contribution in [-0.2, 0) is 11.2 Å². The molecule has 2 aromatic carbocycles. The predicted octanol–water partition coefficient (Wildman–Crippen LogP) is 4.91. The zero-order valence-electron chi connectivity index (χ0n) is 16.7. The first-order valence-corrected chi connectivity index (χ1v) is 9.34. The Morgan fingerprint density at radius 2 is 1.63 bits per heavy atom. The summed E-state index contributed by atoms with van der Waals surface area (Å²) >= 11 is 0. The third-order valence-electron chi connectivity index (χ3n) is 5.17. The van der Waals surface area contributed by atoms with Gasteiger partial charge in [-0.25, -0.2) is 0 Å². The minimum absolute atomic E-state index is 0.0516. The number of nitrogens with one attached hydrogen (secondary N) is 1. The van der Waals surface area contributed by atoms with Gasteiger partial charge in [-0.15, -0.1) is 0 Å². The van der Waals surface area contributed by atoms with Crippen LogP contribution in [-0.4, -0.2) is 15.7 Å².